The van der Waals surface area contributed by atoms with Crippen LogP contribution in [-0.4, -0.2) is 48.2 Å². The third-order valence-corrected chi connectivity index (χ3v) is 6.56. The molecule has 5 rings (SSSR count). The number of hydrogen-bond acceptors (Lipinski definition) is 9. The molecule has 13 heteroatoms. The number of anilines is 1. The van der Waals surface area contributed by atoms with Gasteiger partial charge in [0.2, 0.25) is 5.95 Å². The zero-order valence-corrected chi connectivity index (χ0v) is 18.6. The number of rotatable bonds is 6. The highest BCUT2D eigenvalue weighted by Crippen LogP contribution is 2.32. The Balaban J connectivity index is 1.13. The molecular weight excluding hydrogens is 469 g/mol. The van der Waals surface area contributed by atoms with Gasteiger partial charge in [-0.05, 0) is 47.5 Å². The highest BCUT2D eigenvalue weighted by atomic mass is 32.1. The third kappa shape index (κ3) is 4.98. The van der Waals surface area contributed by atoms with Crippen molar-refractivity contribution in [3.05, 3.63) is 64.6 Å². The van der Waals surface area contributed by atoms with E-state index in [1.807, 2.05) is 34.5 Å². The lowest BCUT2D eigenvalue weighted by Crippen LogP contribution is -2.34. The molecule has 1 fully saturated rings. The van der Waals surface area contributed by atoms with Crippen LogP contribution in [0.15, 0.2) is 48.4 Å². The standard InChI is InChI=1S/C21H19F3N8OS/c22-21(23,24)15-9-25-20(26-10-15)31-7-5-14(6-8-31)19-28-16(12-34-19)11-33-18-3-1-17(2-4-18)32-13-27-29-30-32/h1-4,9-10,12-14H,5-8,11H2. The van der Waals surface area contributed by atoms with Crippen molar-refractivity contribution in [2.45, 2.75) is 31.5 Å². The fourth-order valence-electron chi connectivity index (χ4n) is 3.67. The minimum atomic E-state index is -4.43. The Morgan fingerprint density at radius 3 is 2.44 bits per heavy atom. The van der Waals surface area contributed by atoms with Gasteiger partial charge < -0.3 is 9.64 Å². The lowest BCUT2D eigenvalue weighted by Gasteiger charge is -2.31. The van der Waals surface area contributed by atoms with Crippen LogP contribution < -0.4 is 9.64 Å². The molecule has 1 aromatic carbocycles. The molecule has 0 radical (unpaired) electrons. The molecule has 0 atom stereocenters. The van der Waals surface area contributed by atoms with Crippen LogP contribution in [0.1, 0.15) is 35.0 Å². The normalized spacial score (nSPS) is 15.0. The lowest BCUT2D eigenvalue weighted by atomic mass is 9.98. The number of halogens is 3. The minimum absolute atomic E-state index is 0.292. The zero-order valence-electron chi connectivity index (χ0n) is 17.8. The number of tetrazole rings is 1. The topological polar surface area (TPSA) is 94.7 Å². The van der Waals surface area contributed by atoms with Gasteiger partial charge >= 0.3 is 6.18 Å². The number of hydrogen-bond donors (Lipinski definition) is 0. The summed E-state index contributed by atoms with van der Waals surface area (Å²) in [5, 5.41) is 14.1. The van der Waals surface area contributed by atoms with Crippen LogP contribution in [0.2, 0.25) is 0 Å². The summed E-state index contributed by atoms with van der Waals surface area (Å²) >= 11 is 1.60. The summed E-state index contributed by atoms with van der Waals surface area (Å²) in [7, 11) is 0. The van der Waals surface area contributed by atoms with Gasteiger partial charge in [-0.1, -0.05) is 0 Å². The number of piperidine rings is 1. The second-order valence-corrected chi connectivity index (χ2v) is 8.63. The van der Waals surface area contributed by atoms with Crippen molar-refractivity contribution in [3.63, 3.8) is 0 Å². The van der Waals surface area contributed by atoms with Gasteiger partial charge in [-0.2, -0.15) is 13.2 Å². The smallest absolute Gasteiger partial charge is 0.419 e. The van der Waals surface area contributed by atoms with E-state index >= 15 is 0 Å². The van der Waals surface area contributed by atoms with Crippen molar-refractivity contribution in [1.29, 1.82) is 0 Å². The molecular formula is C21H19F3N8OS. The van der Waals surface area contributed by atoms with Crippen molar-refractivity contribution in [1.82, 2.24) is 35.2 Å². The van der Waals surface area contributed by atoms with Crippen molar-refractivity contribution < 1.29 is 17.9 Å². The highest BCUT2D eigenvalue weighted by Gasteiger charge is 2.32. The maximum Gasteiger partial charge on any atom is 0.419 e. The fraction of sp³-hybridized carbons (Fsp3) is 0.333. The summed E-state index contributed by atoms with van der Waals surface area (Å²) in [5.41, 5.74) is 0.853. The van der Waals surface area contributed by atoms with Crippen LogP contribution in [-0.2, 0) is 12.8 Å². The average molecular weight is 488 g/mol. The Kier molecular flexibility index (Phi) is 6.09. The van der Waals surface area contributed by atoms with Gasteiger partial charge in [0.15, 0.2) is 0 Å². The van der Waals surface area contributed by atoms with Crippen molar-refractivity contribution in [2.75, 3.05) is 18.0 Å². The number of thiazole rings is 1. The molecule has 9 nitrogen and oxygen atoms in total. The van der Waals surface area contributed by atoms with Crippen molar-refractivity contribution in [2.24, 2.45) is 0 Å². The summed E-state index contributed by atoms with van der Waals surface area (Å²) in [6.45, 7) is 1.68. The Morgan fingerprint density at radius 2 is 1.79 bits per heavy atom. The van der Waals surface area contributed by atoms with Crippen LogP contribution in [0, 0.1) is 0 Å². The number of aromatic nitrogens is 7. The maximum absolute atomic E-state index is 12.7. The summed E-state index contributed by atoms with van der Waals surface area (Å²) < 4.78 is 45.5. The van der Waals surface area contributed by atoms with Gasteiger partial charge in [-0.3, -0.25) is 0 Å². The van der Waals surface area contributed by atoms with E-state index in [1.165, 1.54) is 6.33 Å². The first-order valence-corrected chi connectivity index (χ1v) is 11.4. The average Bonchev–Trinajstić information content (AvgIpc) is 3.56. The molecule has 1 aliphatic rings. The van der Waals surface area contributed by atoms with Gasteiger partial charge in [0.05, 0.1) is 22.0 Å². The predicted molar refractivity (Wildman–Crippen MR) is 117 cm³/mol. The van der Waals surface area contributed by atoms with E-state index in [1.54, 1.807) is 16.0 Å². The van der Waals surface area contributed by atoms with E-state index < -0.39 is 11.7 Å². The van der Waals surface area contributed by atoms with E-state index in [-0.39, 0.29) is 0 Å². The van der Waals surface area contributed by atoms with E-state index in [9.17, 15) is 13.2 Å². The molecule has 0 bridgehead atoms. The predicted octanol–water partition coefficient (Wildman–Crippen LogP) is 3.89. The molecule has 1 aliphatic heterocycles. The van der Waals surface area contributed by atoms with Gasteiger partial charge in [0, 0.05) is 36.8 Å². The van der Waals surface area contributed by atoms with Gasteiger partial charge in [0.1, 0.15) is 18.7 Å². The molecule has 0 amide bonds. The quantitative estimate of drug-likeness (QED) is 0.404. The van der Waals surface area contributed by atoms with Crippen LogP contribution >= 0.6 is 11.3 Å². The molecule has 4 heterocycles. The Hall–Kier alpha value is -3.61. The van der Waals surface area contributed by atoms with Crippen LogP contribution in [0.4, 0.5) is 19.1 Å². The van der Waals surface area contributed by atoms with Crippen molar-refractivity contribution >= 4 is 17.3 Å². The SMILES string of the molecule is FC(F)(F)c1cnc(N2CCC(c3nc(COc4ccc(-n5cnnn5)cc4)cs3)CC2)nc1. The molecule has 0 spiro atoms. The van der Waals surface area contributed by atoms with Crippen LogP contribution in [0.25, 0.3) is 5.69 Å². The second kappa shape index (κ2) is 9.33. The van der Waals surface area contributed by atoms with E-state index in [0.717, 1.165) is 47.4 Å². The van der Waals surface area contributed by atoms with E-state index in [2.05, 4.69) is 25.5 Å². The number of ether oxygens (including phenoxy) is 1. The van der Waals surface area contributed by atoms with Gasteiger partial charge in [0.25, 0.3) is 0 Å². The molecule has 3 aromatic heterocycles. The summed E-state index contributed by atoms with van der Waals surface area (Å²) in [6, 6.07) is 7.44. The monoisotopic (exact) mass is 488 g/mol. The highest BCUT2D eigenvalue weighted by molar-refractivity contribution is 7.09. The molecule has 34 heavy (non-hydrogen) atoms. The number of nitrogens with zero attached hydrogens (tertiary/aromatic N) is 8. The maximum atomic E-state index is 12.7. The van der Waals surface area contributed by atoms with Crippen LogP contribution in [0.3, 0.4) is 0 Å². The molecule has 4 aromatic rings. The molecule has 1 saturated heterocycles. The Morgan fingerprint density at radius 1 is 1.06 bits per heavy atom. The number of benzene rings is 1. The zero-order chi connectivity index (χ0) is 23.5. The largest absolute Gasteiger partial charge is 0.487 e. The third-order valence-electron chi connectivity index (χ3n) is 5.50. The summed E-state index contributed by atoms with van der Waals surface area (Å²) in [5.74, 6) is 1.34. The van der Waals surface area contributed by atoms with Gasteiger partial charge in [-0.25, -0.2) is 19.6 Å². The fourth-order valence-corrected chi connectivity index (χ4v) is 4.64. The first-order chi connectivity index (χ1) is 16.5. The Labute approximate surface area is 196 Å². The van der Waals surface area contributed by atoms with E-state index in [0.29, 0.717) is 31.6 Å². The minimum Gasteiger partial charge on any atom is -0.487 e. The summed E-state index contributed by atoms with van der Waals surface area (Å²) in [4.78, 5) is 14.4. The molecule has 176 valence electrons. The Bertz CT molecular complexity index is 1200. The van der Waals surface area contributed by atoms with Crippen LogP contribution in [0.5, 0.6) is 5.75 Å². The molecule has 0 aliphatic carbocycles. The molecule has 0 unspecified atom stereocenters. The number of alkyl halides is 3. The first kappa shape index (κ1) is 22.2. The summed E-state index contributed by atoms with van der Waals surface area (Å²) in [6.07, 6.45) is 0.417. The lowest BCUT2D eigenvalue weighted by molar-refractivity contribution is -0.138. The molecule has 0 saturated carbocycles. The van der Waals surface area contributed by atoms with Gasteiger partial charge in [-0.15, -0.1) is 16.4 Å². The van der Waals surface area contributed by atoms with Crippen molar-refractivity contribution in [3.8, 4) is 11.4 Å². The molecule has 0 N–H and O–H groups in total. The first-order valence-electron chi connectivity index (χ1n) is 10.5. The van der Waals surface area contributed by atoms with E-state index in [4.69, 9.17) is 9.72 Å². The second-order valence-electron chi connectivity index (χ2n) is 7.74.